The molecule has 1 heterocycles. The first-order chi connectivity index (χ1) is 8.79. The molecule has 0 aliphatic carbocycles. The highest BCUT2D eigenvalue weighted by molar-refractivity contribution is 7.99. The van der Waals surface area contributed by atoms with Crippen molar-refractivity contribution in [1.29, 1.82) is 0 Å². The number of aromatic nitrogens is 3. The fourth-order valence-electron chi connectivity index (χ4n) is 1.34. The minimum atomic E-state index is -4.43. The molecule has 0 atom stereocenters. The van der Waals surface area contributed by atoms with Gasteiger partial charge in [-0.2, -0.15) is 13.2 Å². The molecule has 2 aromatic rings. The van der Waals surface area contributed by atoms with E-state index in [4.69, 9.17) is 5.73 Å². The Morgan fingerprint density at radius 3 is 2.58 bits per heavy atom. The van der Waals surface area contributed by atoms with Crippen LogP contribution in [0, 0.1) is 0 Å². The Labute approximate surface area is 109 Å². The maximum atomic E-state index is 12.5. The summed E-state index contributed by atoms with van der Waals surface area (Å²) in [7, 11) is 1.49. The van der Waals surface area contributed by atoms with Gasteiger partial charge in [0.1, 0.15) is 0 Å². The number of nitrogens with two attached hydrogens (primary N) is 1. The van der Waals surface area contributed by atoms with Crippen molar-refractivity contribution in [2.24, 2.45) is 7.05 Å². The van der Waals surface area contributed by atoms with Crippen molar-refractivity contribution in [2.45, 2.75) is 16.2 Å². The number of benzene rings is 1. The third-order valence-corrected chi connectivity index (χ3v) is 3.52. The van der Waals surface area contributed by atoms with E-state index in [-0.39, 0.29) is 5.69 Å². The molecule has 0 saturated carbocycles. The Hall–Kier alpha value is -1.90. The van der Waals surface area contributed by atoms with Gasteiger partial charge in [-0.25, -0.2) is 9.89 Å². The lowest BCUT2D eigenvalue weighted by molar-refractivity contribution is -0.137. The number of nitrogens with one attached hydrogen (secondary N) is 1. The summed E-state index contributed by atoms with van der Waals surface area (Å²) in [4.78, 5) is 11.6. The fraction of sp³-hybridized carbons (Fsp3) is 0.200. The summed E-state index contributed by atoms with van der Waals surface area (Å²) in [5, 5.41) is 6.28. The van der Waals surface area contributed by atoms with Crippen LogP contribution < -0.4 is 11.4 Å². The first-order valence-electron chi connectivity index (χ1n) is 5.05. The molecule has 102 valence electrons. The first kappa shape index (κ1) is 13.5. The zero-order chi connectivity index (χ0) is 14.2. The Kier molecular flexibility index (Phi) is 3.31. The molecule has 0 amide bonds. The second-order valence-corrected chi connectivity index (χ2v) is 4.73. The molecule has 0 aliphatic rings. The van der Waals surface area contributed by atoms with E-state index in [0.29, 0.717) is 10.1 Å². The summed E-state index contributed by atoms with van der Waals surface area (Å²) >= 11 is 1.01. The van der Waals surface area contributed by atoms with Crippen molar-refractivity contribution in [2.75, 3.05) is 5.73 Å². The maximum Gasteiger partial charge on any atom is 0.416 e. The van der Waals surface area contributed by atoms with Gasteiger partial charge in [-0.05, 0) is 30.0 Å². The molecule has 0 bridgehead atoms. The van der Waals surface area contributed by atoms with E-state index in [9.17, 15) is 18.0 Å². The number of nitrogens with zero attached hydrogens (tertiary/aromatic N) is 2. The number of nitrogen functional groups attached to an aromatic ring is 1. The van der Waals surface area contributed by atoms with Gasteiger partial charge in [0.2, 0.25) is 0 Å². The summed E-state index contributed by atoms with van der Waals surface area (Å²) in [6.45, 7) is 0. The quantitative estimate of drug-likeness (QED) is 0.828. The molecule has 5 nitrogen and oxygen atoms in total. The highest BCUT2D eigenvalue weighted by Gasteiger charge is 2.30. The predicted octanol–water partition coefficient (Wildman–Crippen LogP) is 1.86. The molecule has 0 fully saturated rings. The Morgan fingerprint density at radius 1 is 1.42 bits per heavy atom. The third-order valence-electron chi connectivity index (χ3n) is 2.38. The number of alkyl halides is 3. The lowest BCUT2D eigenvalue weighted by Gasteiger charge is -2.09. The molecule has 2 rings (SSSR count). The number of aromatic amines is 1. The van der Waals surface area contributed by atoms with E-state index < -0.39 is 17.4 Å². The van der Waals surface area contributed by atoms with Gasteiger partial charge in [0.25, 0.3) is 0 Å². The van der Waals surface area contributed by atoms with Crippen LogP contribution in [0.2, 0.25) is 0 Å². The molecular weight excluding hydrogens is 281 g/mol. The van der Waals surface area contributed by atoms with E-state index >= 15 is 0 Å². The molecule has 0 aliphatic heterocycles. The monoisotopic (exact) mass is 290 g/mol. The number of anilines is 1. The van der Waals surface area contributed by atoms with Crippen LogP contribution in [-0.2, 0) is 13.2 Å². The summed E-state index contributed by atoms with van der Waals surface area (Å²) in [6.07, 6.45) is -4.43. The number of halogens is 3. The molecule has 9 heteroatoms. The number of hydrogen-bond acceptors (Lipinski definition) is 4. The average molecular weight is 290 g/mol. The lowest BCUT2D eigenvalue weighted by atomic mass is 10.2. The highest BCUT2D eigenvalue weighted by atomic mass is 32.2. The van der Waals surface area contributed by atoms with Crippen molar-refractivity contribution in [3.05, 3.63) is 34.2 Å². The van der Waals surface area contributed by atoms with Crippen LogP contribution in [0.4, 0.5) is 18.9 Å². The van der Waals surface area contributed by atoms with Crippen molar-refractivity contribution in [3.8, 4) is 0 Å². The standard InChI is InChI=1S/C10H9F3N4OS/c1-17-8(18)15-16-9(17)19-7-3-2-5(4-6(7)14)10(11,12)13/h2-4H,14H2,1H3,(H,15,18). The van der Waals surface area contributed by atoms with E-state index in [1.165, 1.54) is 17.7 Å². The average Bonchev–Trinajstić information content (AvgIpc) is 2.62. The predicted molar refractivity (Wildman–Crippen MR) is 63.8 cm³/mol. The fourth-order valence-corrected chi connectivity index (χ4v) is 2.16. The minimum Gasteiger partial charge on any atom is -0.398 e. The molecule has 19 heavy (non-hydrogen) atoms. The molecule has 0 saturated heterocycles. The van der Waals surface area contributed by atoms with E-state index in [1.807, 2.05) is 0 Å². The molecule has 0 radical (unpaired) electrons. The molecule has 1 aromatic carbocycles. The van der Waals surface area contributed by atoms with Gasteiger partial charge >= 0.3 is 11.9 Å². The lowest BCUT2D eigenvalue weighted by Crippen LogP contribution is -2.12. The van der Waals surface area contributed by atoms with Crippen molar-refractivity contribution in [3.63, 3.8) is 0 Å². The summed E-state index contributed by atoms with van der Waals surface area (Å²) in [5.41, 5.74) is 4.33. The van der Waals surface area contributed by atoms with Crippen LogP contribution in [-0.4, -0.2) is 14.8 Å². The minimum absolute atomic E-state index is 0.0183. The number of hydrogen-bond donors (Lipinski definition) is 2. The SMILES string of the molecule is Cn1c(Sc2ccc(C(F)(F)F)cc2N)n[nH]c1=O. The smallest absolute Gasteiger partial charge is 0.398 e. The highest BCUT2D eigenvalue weighted by Crippen LogP contribution is 2.35. The van der Waals surface area contributed by atoms with Crippen LogP contribution in [0.5, 0.6) is 0 Å². The van der Waals surface area contributed by atoms with Crippen molar-refractivity contribution < 1.29 is 13.2 Å². The number of H-pyrrole nitrogens is 1. The topological polar surface area (TPSA) is 76.7 Å². The van der Waals surface area contributed by atoms with Crippen molar-refractivity contribution in [1.82, 2.24) is 14.8 Å². The Balaban J connectivity index is 2.32. The van der Waals surface area contributed by atoms with Gasteiger partial charge < -0.3 is 5.73 Å². The Bertz CT molecular complexity index is 662. The largest absolute Gasteiger partial charge is 0.416 e. The second kappa shape index (κ2) is 4.65. The summed E-state index contributed by atoms with van der Waals surface area (Å²) in [6, 6.07) is 3.04. The van der Waals surface area contributed by atoms with Gasteiger partial charge in [-0.1, -0.05) is 0 Å². The van der Waals surface area contributed by atoms with Crippen molar-refractivity contribution >= 4 is 17.4 Å². The van der Waals surface area contributed by atoms with Gasteiger partial charge in [0.15, 0.2) is 5.16 Å². The molecule has 3 N–H and O–H groups in total. The molecule has 0 unspecified atom stereocenters. The Morgan fingerprint density at radius 2 is 2.11 bits per heavy atom. The molecule has 0 spiro atoms. The maximum absolute atomic E-state index is 12.5. The van der Waals surface area contributed by atoms with Crippen LogP contribution in [0.15, 0.2) is 33.0 Å². The molecular formula is C10H9F3N4OS. The summed E-state index contributed by atoms with van der Waals surface area (Å²) in [5.74, 6) is 0. The van der Waals surface area contributed by atoms with E-state index in [0.717, 1.165) is 23.9 Å². The van der Waals surface area contributed by atoms with Crippen LogP contribution >= 0.6 is 11.8 Å². The normalized spacial score (nSPS) is 11.8. The zero-order valence-corrected chi connectivity index (χ0v) is 10.5. The van der Waals surface area contributed by atoms with Crippen LogP contribution in [0.25, 0.3) is 0 Å². The van der Waals surface area contributed by atoms with Crippen LogP contribution in [0.1, 0.15) is 5.56 Å². The number of rotatable bonds is 2. The second-order valence-electron chi connectivity index (χ2n) is 3.72. The van der Waals surface area contributed by atoms with Crippen LogP contribution in [0.3, 0.4) is 0 Å². The third kappa shape index (κ3) is 2.75. The van der Waals surface area contributed by atoms with Gasteiger partial charge in [-0.3, -0.25) is 4.57 Å². The molecule has 1 aromatic heterocycles. The van der Waals surface area contributed by atoms with Gasteiger partial charge in [-0.15, -0.1) is 5.10 Å². The van der Waals surface area contributed by atoms with E-state index in [1.54, 1.807) is 0 Å². The van der Waals surface area contributed by atoms with E-state index in [2.05, 4.69) is 10.2 Å². The van der Waals surface area contributed by atoms with Gasteiger partial charge in [0, 0.05) is 17.6 Å². The summed E-state index contributed by atoms with van der Waals surface area (Å²) < 4.78 is 38.6. The first-order valence-corrected chi connectivity index (χ1v) is 5.86. The van der Waals surface area contributed by atoms with Gasteiger partial charge in [0.05, 0.1) is 5.56 Å². The zero-order valence-electron chi connectivity index (χ0n) is 9.65.